The maximum Gasteiger partial charge on any atom is 0.328 e. The Balaban J connectivity index is 2.41. The molecule has 1 rings (SSSR count). The molecule has 0 spiro atoms. The van der Waals surface area contributed by atoms with Gasteiger partial charge >= 0.3 is 5.97 Å². The third-order valence-electron chi connectivity index (χ3n) is 1.93. The van der Waals surface area contributed by atoms with E-state index in [0.29, 0.717) is 17.4 Å². The molecule has 0 radical (unpaired) electrons. The average Bonchev–Trinajstić information content (AvgIpc) is 2.64. The fourth-order valence-corrected chi connectivity index (χ4v) is 1.75. The van der Waals surface area contributed by atoms with Crippen LogP contribution in [0.25, 0.3) is 0 Å². The molecule has 6 nitrogen and oxygen atoms in total. The summed E-state index contributed by atoms with van der Waals surface area (Å²) < 4.78 is 4.77. The molecule has 0 aliphatic rings. The van der Waals surface area contributed by atoms with Crippen molar-refractivity contribution in [2.24, 2.45) is 0 Å². The summed E-state index contributed by atoms with van der Waals surface area (Å²) in [5.74, 6) is -0.727. The quantitative estimate of drug-likeness (QED) is 0.741. The molecule has 1 aromatic heterocycles. The largest absolute Gasteiger partial charge is 0.464 e. The second-order valence-electron chi connectivity index (χ2n) is 3.40. The first-order chi connectivity index (χ1) is 8.02. The molecule has 0 bridgehead atoms. The number of nitrogens with two attached hydrogens (primary N) is 1. The highest BCUT2D eigenvalue weighted by atomic mass is 32.1. The lowest BCUT2D eigenvalue weighted by Crippen LogP contribution is -2.40. The maximum absolute atomic E-state index is 11.5. The zero-order chi connectivity index (χ0) is 12.8. The van der Waals surface area contributed by atoms with Crippen molar-refractivity contribution >= 4 is 28.3 Å². The molecule has 0 saturated heterocycles. The van der Waals surface area contributed by atoms with Crippen LogP contribution in [-0.2, 0) is 20.7 Å². The van der Waals surface area contributed by atoms with E-state index in [4.69, 9.17) is 10.5 Å². The molecular formula is C10H15N3O3S. The number of thiazole rings is 1. The highest BCUT2D eigenvalue weighted by Gasteiger charge is 2.17. The summed E-state index contributed by atoms with van der Waals surface area (Å²) in [5.41, 5.74) is 6.04. The van der Waals surface area contributed by atoms with Gasteiger partial charge in [0.05, 0.1) is 18.7 Å². The van der Waals surface area contributed by atoms with Crippen LogP contribution in [0.1, 0.15) is 19.5 Å². The zero-order valence-corrected chi connectivity index (χ0v) is 10.5. The lowest BCUT2D eigenvalue weighted by atomic mass is 10.3. The molecule has 94 valence electrons. The van der Waals surface area contributed by atoms with Crippen LogP contribution in [0.2, 0.25) is 0 Å². The Morgan fingerprint density at radius 3 is 2.88 bits per heavy atom. The van der Waals surface area contributed by atoms with Crippen molar-refractivity contribution in [3.05, 3.63) is 11.1 Å². The first kappa shape index (κ1) is 13.4. The number of carbonyl (C=O) groups excluding carboxylic acids is 2. The highest BCUT2D eigenvalue weighted by molar-refractivity contribution is 7.13. The van der Waals surface area contributed by atoms with Crippen LogP contribution < -0.4 is 11.1 Å². The normalized spacial score (nSPS) is 11.9. The van der Waals surface area contributed by atoms with Gasteiger partial charge in [-0.05, 0) is 13.8 Å². The Bertz CT molecular complexity index is 405. The highest BCUT2D eigenvalue weighted by Crippen LogP contribution is 2.11. The molecule has 1 atom stereocenters. The first-order valence-electron chi connectivity index (χ1n) is 5.18. The number of rotatable bonds is 5. The molecule has 0 aromatic carbocycles. The fourth-order valence-electron chi connectivity index (χ4n) is 1.19. The summed E-state index contributed by atoms with van der Waals surface area (Å²) in [7, 11) is 0. The number of ether oxygens (including phenoxy) is 1. The van der Waals surface area contributed by atoms with Gasteiger partial charge in [-0.1, -0.05) is 0 Å². The van der Waals surface area contributed by atoms with E-state index in [1.165, 1.54) is 11.3 Å². The number of nitrogen functional groups attached to an aromatic ring is 1. The van der Waals surface area contributed by atoms with Crippen LogP contribution in [0.3, 0.4) is 0 Å². The van der Waals surface area contributed by atoms with E-state index < -0.39 is 12.0 Å². The standard InChI is InChI=1S/C10H15N3O3S/c1-3-16-9(15)6(2)12-8(14)4-7-5-17-10(11)13-7/h5-6H,3-4H2,1-2H3,(H2,11,13)(H,12,14). The molecule has 0 aliphatic heterocycles. The number of nitrogens with one attached hydrogen (secondary N) is 1. The summed E-state index contributed by atoms with van der Waals surface area (Å²) in [4.78, 5) is 26.8. The van der Waals surface area contributed by atoms with Gasteiger partial charge in [-0.25, -0.2) is 9.78 Å². The minimum atomic E-state index is -0.654. The fraction of sp³-hybridized carbons (Fsp3) is 0.500. The van der Waals surface area contributed by atoms with E-state index in [-0.39, 0.29) is 12.3 Å². The number of hydrogen-bond acceptors (Lipinski definition) is 6. The SMILES string of the molecule is CCOC(=O)C(C)NC(=O)Cc1csc(N)n1. The average molecular weight is 257 g/mol. The Kier molecular flexibility index (Phi) is 4.89. The van der Waals surface area contributed by atoms with Crippen LogP contribution in [0.5, 0.6) is 0 Å². The molecule has 3 N–H and O–H groups in total. The summed E-state index contributed by atoms with van der Waals surface area (Å²) in [5, 5.41) is 4.67. The number of anilines is 1. The molecule has 17 heavy (non-hydrogen) atoms. The molecule has 1 aromatic rings. The summed E-state index contributed by atoms with van der Waals surface area (Å²) in [6, 6.07) is -0.654. The molecule has 1 amide bonds. The summed E-state index contributed by atoms with van der Waals surface area (Å²) in [6.45, 7) is 3.58. The van der Waals surface area contributed by atoms with Crippen molar-refractivity contribution in [3.63, 3.8) is 0 Å². The molecular weight excluding hydrogens is 242 g/mol. The number of carbonyl (C=O) groups is 2. The lowest BCUT2D eigenvalue weighted by molar-refractivity contribution is -0.146. The Morgan fingerprint density at radius 2 is 2.35 bits per heavy atom. The first-order valence-corrected chi connectivity index (χ1v) is 6.06. The smallest absolute Gasteiger partial charge is 0.328 e. The minimum absolute atomic E-state index is 0.109. The molecule has 0 aliphatic carbocycles. The monoisotopic (exact) mass is 257 g/mol. The summed E-state index contributed by atoms with van der Waals surface area (Å²) >= 11 is 1.27. The third-order valence-corrected chi connectivity index (χ3v) is 2.65. The minimum Gasteiger partial charge on any atom is -0.464 e. The van der Waals surface area contributed by atoms with Gasteiger partial charge < -0.3 is 15.8 Å². The summed E-state index contributed by atoms with van der Waals surface area (Å²) in [6.07, 6.45) is 0.109. The van der Waals surface area contributed by atoms with E-state index in [1.54, 1.807) is 19.2 Å². The predicted molar refractivity (Wildman–Crippen MR) is 64.5 cm³/mol. The van der Waals surface area contributed by atoms with Crippen molar-refractivity contribution in [1.29, 1.82) is 0 Å². The number of aromatic nitrogens is 1. The van der Waals surface area contributed by atoms with Crippen molar-refractivity contribution in [3.8, 4) is 0 Å². The van der Waals surface area contributed by atoms with Gasteiger partial charge in [0.15, 0.2) is 5.13 Å². The predicted octanol–water partition coefficient (Wildman–Crippen LogP) is 0.336. The van der Waals surface area contributed by atoms with Crippen LogP contribution >= 0.6 is 11.3 Å². The zero-order valence-electron chi connectivity index (χ0n) is 9.73. The van der Waals surface area contributed by atoms with E-state index in [9.17, 15) is 9.59 Å². The lowest BCUT2D eigenvalue weighted by Gasteiger charge is -2.11. The van der Waals surface area contributed by atoms with Gasteiger partial charge in [0, 0.05) is 5.38 Å². The van der Waals surface area contributed by atoms with Gasteiger partial charge in [-0.15, -0.1) is 11.3 Å². The molecule has 1 heterocycles. The van der Waals surface area contributed by atoms with Gasteiger partial charge in [0.1, 0.15) is 6.04 Å². The molecule has 1 unspecified atom stereocenters. The van der Waals surface area contributed by atoms with E-state index in [2.05, 4.69) is 10.3 Å². The number of amides is 1. The van der Waals surface area contributed by atoms with Gasteiger partial charge in [-0.2, -0.15) is 0 Å². The van der Waals surface area contributed by atoms with Gasteiger partial charge in [0.2, 0.25) is 5.91 Å². The Hall–Kier alpha value is -1.63. The van der Waals surface area contributed by atoms with Crippen LogP contribution in [0.4, 0.5) is 5.13 Å². The van der Waals surface area contributed by atoms with Gasteiger partial charge in [-0.3, -0.25) is 4.79 Å². The van der Waals surface area contributed by atoms with Crippen molar-refractivity contribution in [2.45, 2.75) is 26.3 Å². The van der Waals surface area contributed by atoms with Crippen LogP contribution in [-0.4, -0.2) is 29.5 Å². The number of hydrogen-bond donors (Lipinski definition) is 2. The molecule has 7 heteroatoms. The maximum atomic E-state index is 11.5. The molecule has 0 fully saturated rings. The number of esters is 1. The molecule has 0 saturated carbocycles. The van der Waals surface area contributed by atoms with E-state index in [1.807, 2.05) is 0 Å². The van der Waals surface area contributed by atoms with Gasteiger partial charge in [0.25, 0.3) is 0 Å². The Labute approximate surface area is 103 Å². The third kappa shape index (κ3) is 4.39. The topological polar surface area (TPSA) is 94.3 Å². The second-order valence-corrected chi connectivity index (χ2v) is 4.28. The van der Waals surface area contributed by atoms with Crippen LogP contribution in [0.15, 0.2) is 5.38 Å². The van der Waals surface area contributed by atoms with E-state index >= 15 is 0 Å². The Morgan fingerprint density at radius 1 is 1.65 bits per heavy atom. The van der Waals surface area contributed by atoms with Crippen molar-refractivity contribution in [2.75, 3.05) is 12.3 Å². The van der Waals surface area contributed by atoms with Crippen LogP contribution in [0, 0.1) is 0 Å². The second kappa shape index (κ2) is 6.19. The van der Waals surface area contributed by atoms with E-state index in [0.717, 1.165) is 0 Å². The number of nitrogens with zero attached hydrogens (tertiary/aromatic N) is 1. The van der Waals surface area contributed by atoms with Crippen molar-refractivity contribution < 1.29 is 14.3 Å². The van der Waals surface area contributed by atoms with Crippen molar-refractivity contribution in [1.82, 2.24) is 10.3 Å².